The number of methoxy groups -OCH3 is 1. The van der Waals surface area contributed by atoms with Crippen molar-refractivity contribution in [3.8, 4) is 5.75 Å². The quantitative estimate of drug-likeness (QED) is 0.819. The van der Waals surface area contributed by atoms with E-state index in [0.717, 1.165) is 5.56 Å². The molecule has 1 N–H and O–H groups in total. The van der Waals surface area contributed by atoms with Gasteiger partial charge in [-0.15, -0.1) is 0 Å². The Hall–Kier alpha value is -2.89. The molecule has 114 valence electrons. The highest BCUT2D eigenvalue weighted by Gasteiger charge is 2.08. The summed E-state index contributed by atoms with van der Waals surface area (Å²) >= 11 is 0. The Morgan fingerprint density at radius 1 is 1.18 bits per heavy atom. The molecular weight excluding hydrogens is 284 g/mol. The lowest BCUT2D eigenvalue weighted by atomic mass is 10.2. The van der Waals surface area contributed by atoms with Crippen molar-refractivity contribution >= 4 is 11.9 Å². The van der Waals surface area contributed by atoms with Crippen LogP contribution in [0.4, 0.5) is 0 Å². The van der Waals surface area contributed by atoms with Crippen molar-refractivity contribution in [2.24, 2.45) is 0 Å². The fraction of sp³-hybridized carbons (Fsp3) is 0.188. The van der Waals surface area contributed by atoms with Gasteiger partial charge in [0.2, 0.25) is 0 Å². The minimum absolute atomic E-state index is 0.158. The molecule has 0 aliphatic rings. The number of ether oxygens (including phenoxy) is 2. The van der Waals surface area contributed by atoms with Crippen molar-refractivity contribution in [1.29, 1.82) is 0 Å². The van der Waals surface area contributed by atoms with Crippen LogP contribution in [0.25, 0.3) is 0 Å². The first-order valence-electron chi connectivity index (χ1n) is 6.66. The predicted octanol–water partition coefficient (Wildman–Crippen LogP) is 1.56. The number of hydrogen-bond donors (Lipinski definition) is 1. The minimum Gasteiger partial charge on any atom is -0.489 e. The first-order valence-corrected chi connectivity index (χ1v) is 6.66. The van der Waals surface area contributed by atoms with E-state index in [9.17, 15) is 9.59 Å². The molecule has 2 aromatic rings. The molecule has 0 saturated heterocycles. The van der Waals surface area contributed by atoms with Crippen molar-refractivity contribution in [2.45, 2.75) is 6.61 Å². The summed E-state index contributed by atoms with van der Waals surface area (Å²) in [6.07, 6.45) is 3.43. The van der Waals surface area contributed by atoms with Gasteiger partial charge in [-0.3, -0.25) is 14.6 Å². The molecule has 0 unspecified atom stereocenters. The van der Waals surface area contributed by atoms with Gasteiger partial charge in [-0.1, -0.05) is 6.07 Å². The molecule has 6 nitrogen and oxygen atoms in total. The standard InChI is InChI=1S/C16H16N2O4/c1-21-15(19)10-18-16(20)13-4-6-14(7-5-13)22-11-12-3-2-8-17-9-12/h2-9H,10-11H2,1H3,(H,18,20). The summed E-state index contributed by atoms with van der Waals surface area (Å²) in [6, 6.07) is 10.4. The molecule has 22 heavy (non-hydrogen) atoms. The van der Waals surface area contributed by atoms with Crippen LogP contribution in [0.15, 0.2) is 48.8 Å². The van der Waals surface area contributed by atoms with Gasteiger partial charge in [0.1, 0.15) is 18.9 Å². The summed E-state index contributed by atoms with van der Waals surface area (Å²) in [5, 5.41) is 2.46. The molecule has 0 saturated carbocycles. The number of rotatable bonds is 6. The Morgan fingerprint density at radius 3 is 2.59 bits per heavy atom. The third-order valence-electron chi connectivity index (χ3n) is 2.87. The highest BCUT2D eigenvalue weighted by Crippen LogP contribution is 2.14. The van der Waals surface area contributed by atoms with Crippen LogP contribution < -0.4 is 10.1 Å². The zero-order valence-corrected chi connectivity index (χ0v) is 12.1. The Bertz CT molecular complexity index is 626. The predicted molar refractivity (Wildman–Crippen MR) is 79.4 cm³/mol. The Labute approximate surface area is 128 Å². The van der Waals surface area contributed by atoms with E-state index in [4.69, 9.17) is 4.74 Å². The summed E-state index contributed by atoms with van der Waals surface area (Å²) in [5.74, 6) is -0.192. The van der Waals surface area contributed by atoms with Crippen LogP contribution in [0.1, 0.15) is 15.9 Å². The monoisotopic (exact) mass is 300 g/mol. The van der Waals surface area contributed by atoms with Crippen LogP contribution in [0, 0.1) is 0 Å². The molecular formula is C16H16N2O4. The molecule has 0 spiro atoms. The summed E-state index contributed by atoms with van der Waals surface area (Å²) < 4.78 is 10.0. The second-order valence-corrected chi connectivity index (χ2v) is 4.43. The van der Waals surface area contributed by atoms with Crippen molar-refractivity contribution in [1.82, 2.24) is 10.3 Å². The van der Waals surface area contributed by atoms with Gasteiger partial charge >= 0.3 is 5.97 Å². The second kappa shape index (κ2) is 7.78. The molecule has 0 fully saturated rings. The van der Waals surface area contributed by atoms with E-state index in [0.29, 0.717) is 17.9 Å². The van der Waals surface area contributed by atoms with Gasteiger partial charge in [-0.05, 0) is 30.3 Å². The molecule has 0 bridgehead atoms. The normalized spacial score (nSPS) is 9.86. The highest BCUT2D eigenvalue weighted by molar-refractivity contribution is 5.95. The van der Waals surface area contributed by atoms with Gasteiger partial charge in [0.15, 0.2) is 0 Å². The maximum atomic E-state index is 11.8. The van der Waals surface area contributed by atoms with E-state index >= 15 is 0 Å². The maximum Gasteiger partial charge on any atom is 0.325 e. The highest BCUT2D eigenvalue weighted by atomic mass is 16.5. The van der Waals surface area contributed by atoms with Crippen LogP contribution in [0.2, 0.25) is 0 Å². The lowest BCUT2D eigenvalue weighted by molar-refractivity contribution is -0.139. The first-order chi connectivity index (χ1) is 10.7. The topological polar surface area (TPSA) is 77.5 Å². The number of benzene rings is 1. The van der Waals surface area contributed by atoms with Gasteiger partial charge in [0.05, 0.1) is 7.11 Å². The minimum atomic E-state index is -0.496. The summed E-state index contributed by atoms with van der Waals surface area (Å²) in [7, 11) is 1.27. The molecule has 1 amide bonds. The Balaban J connectivity index is 1.87. The number of nitrogens with zero attached hydrogens (tertiary/aromatic N) is 1. The number of nitrogens with one attached hydrogen (secondary N) is 1. The van der Waals surface area contributed by atoms with E-state index in [2.05, 4.69) is 15.0 Å². The summed E-state index contributed by atoms with van der Waals surface area (Å²) in [5.41, 5.74) is 1.40. The Morgan fingerprint density at radius 2 is 1.95 bits per heavy atom. The van der Waals surface area contributed by atoms with Crippen LogP contribution in [-0.2, 0) is 16.1 Å². The van der Waals surface area contributed by atoms with Gasteiger partial charge in [-0.25, -0.2) is 0 Å². The van der Waals surface area contributed by atoms with Gasteiger partial charge in [-0.2, -0.15) is 0 Å². The van der Waals surface area contributed by atoms with E-state index in [1.165, 1.54) is 7.11 Å². The van der Waals surface area contributed by atoms with Crippen LogP contribution in [-0.4, -0.2) is 30.5 Å². The number of aromatic nitrogens is 1. The largest absolute Gasteiger partial charge is 0.489 e. The second-order valence-electron chi connectivity index (χ2n) is 4.43. The molecule has 0 aliphatic heterocycles. The smallest absolute Gasteiger partial charge is 0.325 e. The van der Waals surface area contributed by atoms with Crippen LogP contribution in [0.5, 0.6) is 5.75 Å². The van der Waals surface area contributed by atoms with Crippen molar-refractivity contribution in [3.05, 3.63) is 59.9 Å². The van der Waals surface area contributed by atoms with Gasteiger partial charge < -0.3 is 14.8 Å². The lowest BCUT2D eigenvalue weighted by Crippen LogP contribution is -2.30. The van der Waals surface area contributed by atoms with Crippen molar-refractivity contribution in [3.63, 3.8) is 0 Å². The number of carbonyl (C=O) groups excluding carboxylic acids is 2. The van der Waals surface area contributed by atoms with E-state index in [1.807, 2.05) is 12.1 Å². The van der Waals surface area contributed by atoms with Gasteiger partial charge in [0.25, 0.3) is 5.91 Å². The zero-order valence-electron chi connectivity index (χ0n) is 12.1. The number of amides is 1. The number of hydrogen-bond acceptors (Lipinski definition) is 5. The SMILES string of the molecule is COC(=O)CNC(=O)c1ccc(OCc2cccnc2)cc1. The van der Waals surface area contributed by atoms with Gasteiger partial charge in [0, 0.05) is 23.5 Å². The third-order valence-corrected chi connectivity index (χ3v) is 2.87. The molecule has 2 rings (SSSR count). The van der Waals surface area contributed by atoms with E-state index in [1.54, 1.807) is 36.7 Å². The molecule has 6 heteroatoms. The zero-order chi connectivity index (χ0) is 15.8. The molecule has 0 radical (unpaired) electrons. The molecule has 1 aromatic carbocycles. The molecule has 0 atom stereocenters. The molecule has 0 aliphatic carbocycles. The molecule has 1 heterocycles. The number of pyridine rings is 1. The average Bonchev–Trinajstić information content (AvgIpc) is 2.59. The number of carbonyl (C=O) groups is 2. The lowest BCUT2D eigenvalue weighted by Gasteiger charge is -2.07. The average molecular weight is 300 g/mol. The van der Waals surface area contributed by atoms with Crippen LogP contribution >= 0.6 is 0 Å². The van der Waals surface area contributed by atoms with Crippen molar-refractivity contribution in [2.75, 3.05) is 13.7 Å². The van der Waals surface area contributed by atoms with E-state index < -0.39 is 5.97 Å². The fourth-order valence-electron chi connectivity index (χ4n) is 1.68. The Kier molecular flexibility index (Phi) is 5.48. The van der Waals surface area contributed by atoms with E-state index in [-0.39, 0.29) is 12.5 Å². The van der Waals surface area contributed by atoms with Crippen LogP contribution in [0.3, 0.4) is 0 Å². The summed E-state index contributed by atoms with van der Waals surface area (Å²) in [6.45, 7) is 0.246. The third kappa shape index (κ3) is 4.59. The number of esters is 1. The first kappa shape index (κ1) is 15.5. The van der Waals surface area contributed by atoms with Crippen molar-refractivity contribution < 1.29 is 19.1 Å². The fourth-order valence-corrected chi connectivity index (χ4v) is 1.68. The molecule has 1 aromatic heterocycles. The summed E-state index contributed by atoms with van der Waals surface area (Å²) in [4.78, 5) is 26.8. The maximum absolute atomic E-state index is 11.8.